The first-order valence-corrected chi connectivity index (χ1v) is 10.1. The third-order valence-corrected chi connectivity index (χ3v) is 6.31. The van der Waals surface area contributed by atoms with Gasteiger partial charge in [0.1, 0.15) is 5.84 Å². The van der Waals surface area contributed by atoms with Crippen molar-refractivity contribution >= 4 is 11.8 Å². The molecule has 0 unspecified atom stereocenters. The minimum atomic E-state index is -0.124. The lowest BCUT2D eigenvalue weighted by Crippen LogP contribution is -2.68. The lowest BCUT2D eigenvalue weighted by Gasteiger charge is -2.48. The molecular weight excluding hydrogens is 320 g/mol. The van der Waals surface area contributed by atoms with Crippen LogP contribution in [0.4, 0.5) is 0 Å². The maximum absolute atomic E-state index is 5.16. The van der Waals surface area contributed by atoms with Crippen LogP contribution in [0.2, 0.25) is 0 Å². The van der Waals surface area contributed by atoms with E-state index in [1.165, 1.54) is 37.7 Å². The molecule has 1 heterocycles. The molecule has 3 rings (SSSR count). The van der Waals surface area contributed by atoms with Crippen molar-refractivity contribution in [1.29, 1.82) is 0 Å². The van der Waals surface area contributed by atoms with Gasteiger partial charge < -0.3 is 10.6 Å². The average molecular weight is 355 g/mol. The molecule has 4 nitrogen and oxygen atoms in total. The van der Waals surface area contributed by atoms with Gasteiger partial charge in [-0.25, -0.2) is 4.99 Å². The van der Waals surface area contributed by atoms with Gasteiger partial charge in [0.25, 0.3) is 0 Å². The molecule has 0 radical (unpaired) electrons. The Morgan fingerprint density at radius 3 is 2.31 bits per heavy atom. The van der Waals surface area contributed by atoms with Crippen LogP contribution in [0.25, 0.3) is 0 Å². The average Bonchev–Trinajstić information content (AvgIpc) is 2.61. The first-order chi connectivity index (χ1) is 12.3. The van der Waals surface area contributed by atoms with E-state index in [0.29, 0.717) is 6.04 Å². The highest BCUT2D eigenvalue weighted by Gasteiger charge is 2.46. The zero-order valence-corrected chi connectivity index (χ0v) is 17.0. The van der Waals surface area contributed by atoms with Gasteiger partial charge in [0.05, 0.1) is 12.1 Å². The number of rotatable bonds is 3. The van der Waals surface area contributed by atoms with Crippen molar-refractivity contribution in [3.63, 3.8) is 0 Å². The number of nitrogens with zero attached hydrogens (tertiary/aromatic N) is 2. The molecule has 26 heavy (non-hydrogen) atoms. The highest BCUT2D eigenvalue weighted by molar-refractivity contribution is 6.06. The van der Waals surface area contributed by atoms with Crippen LogP contribution >= 0.6 is 0 Å². The summed E-state index contributed by atoms with van der Waals surface area (Å²) >= 11 is 0. The van der Waals surface area contributed by atoms with Gasteiger partial charge in [-0.1, -0.05) is 63.4 Å². The smallest absolute Gasteiger partial charge is 0.197 e. The van der Waals surface area contributed by atoms with Crippen LogP contribution in [0.5, 0.6) is 0 Å². The molecule has 142 valence electrons. The van der Waals surface area contributed by atoms with Gasteiger partial charge in [-0.05, 0) is 39.2 Å². The summed E-state index contributed by atoms with van der Waals surface area (Å²) in [6.45, 7) is 11.2. The monoisotopic (exact) mass is 354 g/mol. The van der Waals surface area contributed by atoms with Crippen LogP contribution in [0.1, 0.15) is 78.3 Å². The van der Waals surface area contributed by atoms with E-state index in [-0.39, 0.29) is 17.0 Å². The van der Waals surface area contributed by atoms with Crippen molar-refractivity contribution in [2.75, 3.05) is 0 Å². The zero-order valence-electron chi connectivity index (χ0n) is 17.0. The number of aliphatic imine (C=N–C) groups is 2. The largest absolute Gasteiger partial charge is 0.350 e. The summed E-state index contributed by atoms with van der Waals surface area (Å²) in [5.41, 5.74) is 1.01. The summed E-state index contributed by atoms with van der Waals surface area (Å²) in [7, 11) is 0. The standard InChI is InChI=1S/C22H34N4/c1-16(17-12-8-6-9-13-17)23-20-25-19(21(2,3)22(4,5)26-20)24-18-14-10-7-11-15-18/h6,8-9,12-13,16,18H,7,10-11,14-15H2,1-5H3,(H2,23,24,25,26)/t16-/m0/s1. The van der Waals surface area contributed by atoms with Gasteiger partial charge in [-0.2, -0.15) is 0 Å². The summed E-state index contributed by atoms with van der Waals surface area (Å²) in [6, 6.07) is 11.0. The molecule has 1 aliphatic heterocycles. The Hall–Kier alpha value is -1.84. The van der Waals surface area contributed by atoms with Gasteiger partial charge in [0.15, 0.2) is 5.96 Å². The molecule has 2 aliphatic rings. The van der Waals surface area contributed by atoms with Gasteiger partial charge in [-0.3, -0.25) is 4.99 Å². The highest BCUT2D eigenvalue weighted by atomic mass is 15.3. The van der Waals surface area contributed by atoms with Crippen molar-refractivity contribution in [3.8, 4) is 0 Å². The van der Waals surface area contributed by atoms with E-state index in [1.54, 1.807) is 0 Å². The summed E-state index contributed by atoms with van der Waals surface area (Å²) in [5, 5.41) is 7.15. The number of benzene rings is 1. The second-order valence-corrected chi connectivity index (χ2v) is 8.83. The van der Waals surface area contributed by atoms with Crippen LogP contribution in [0.15, 0.2) is 40.3 Å². The van der Waals surface area contributed by atoms with Crippen LogP contribution in [0.3, 0.4) is 0 Å². The van der Waals surface area contributed by atoms with E-state index < -0.39 is 0 Å². The topological polar surface area (TPSA) is 48.8 Å². The van der Waals surface area contributed by atoms with Crippen LogP contribution in [-0.4, -0.2) is 23.4 Å². The Bertz CT molecular complexity index is 667. The minimum absolute atomic E-state index is 0.0839. The molecule has 4 heteroatoms. The number of amidine groups is 1. The first kappa shape index (κ1) is 18.9. The molecule has 1 atom stereocenters. The molecule has 0 bridgehead atoms. The van der Waals surface area contributed by atoms with Crippen molar-refractivity contribution in [2.24, 2.45) is 15.4 Å². The highest BCUT2D eigenvalue weighted by Crippen LogP contribution is 2.35. The summed E-state index contributed by atoms with van der Waals surface area (Å²) in [6.07, 6.45) is 6.38. The minimum Gasteiger partial charge on any atom is -0.350 e. The number of guanidine groups is 1. The predicted octanol–water partition coefficient (Wildman–Crippen LogP) is 4.83. The number of nitrogens with one attached hydrogen (secondary N) is 2. The van der Waals surface area contributed by atoms with Gasteiger partial charge in [0.2, 0.25) is 0 Å². The van der Waals surface area contributed by atoms with Crippen LogP contribution < -0.4 is 10.6 Å². The van der Waals surface area contributed by atoms with E-state index in [4.69, 9.17) is 9.98 Å². The third kappa shape index (κ3) is 3.94. The normalized spacial score (nSPS) is 27.0. The SMILES string of the molecule is C[C@H](N=C1NC(=NC2CCCCC2)C(C)(C)C(C)(C)N1)c1ccccc1. The summed E-state index contributed by atoms with van der Waals surface area (Å²) in [5.74, 6) is 1.91. The lowest BCUT2D eigenvalue weighted by atomic mass is 9.72. The first-order valence-electron chi connectivity index (χ1n) is 10.1. The second kappa shape index (κ2) is 7.42. The Labute approximate surface area is 158 Å². The molecule has 1 aromatic rings. The summed E-state index contributed by atoms with van der Waals surface area (Å²) < 4.78 is 0. The maximum Gasteiger partial charge on any atom is 0.197 e. The summed E-state index contributed by atoms with van der Waals surface area (Å²) in [4.78, 5) is 10.1. The molecule has 0 aromatic heterocycles. The van der Waals surface area contributed by atoms with Crippen molar-refractivity contribution < 1.29 is 0 Å². The molecule has 2 N–H and O–H groups in total. The van der Waals surface area contributed by atoms with E-state index in [2.05, 4.69) is 69.5 Å². The Morgan fingerprint density at radius 2 is 1.65 bits per heavy atom. The lowest BCUT2D eigenvalue weighted by molar-refractivity contribution is 0.246. The van der Waals surface area contributed by atoms with Gasteiger partial charge in [0, 0.05) is 11.0 Å². The fraction of sp³-hybridized carbons (Fsp3) is 0.636. The van der Waals surface area contributed by atoms with Crippen molar-refractivity contribution in [2.45, 2.75) is 84.3 Å². The van der Waals surface area contributed by atoms with Crippen LogP contribution in [0, 0.1) is 5.41 Å². The molecule has 0 amide bonds. The molecule has 1 aliphatic carbocycles. The van der Waals surface area contributed by atoms with E-state index in [0.717, 1.165) is 11.8 Å². The maximum atomic E-state index is 5.16. The van der Waals surface area contributed by atoms with Crippen molar-refractivity contribution in [3.05, 3.63) is 35.9 Å². The van der Waals surface area contributed by atoms with Crippen LogP contribution in [-0.2, 0) is 0 Å². The third-order valence-electron chi connectivity index (χ3n) is 6.31. The molecule has 1 aromatic carbocycles. The van der Waals surface area contributed by atoms with E-state index in [1.807, 2.05) is 6.07 Å². The molecular formula is C22H34N4. The number of hydrogen-bond donors (Lipinski definition) is 2. The molecule has 1 saturated heterocycles. The fourth-order valence-electron chi connectivity index (χ4n) is 3.70. The molecule has 0 spiro atoms. The quantitative estimate of drug-likeness (QED) is 0.816. The van der Waals surface area contributed by atoms with Gasteiger partial charge >= 0.3 is 0 Å². The number of hydrogen-bond acceptors (Lipinski definition) is 2. The van der Waals surface area contributed by atoms with Crippen molar-refractivity contribution in [1.82, 2.24) is 10.6 Å². The second-order valence-electron chi connectivity index (χ2n) is 8.83. The molecule has 2 fully saturated rings. The molecule has 1 saturated carbocycles. The van der Waals surface area contributed by atoms with Gasteiger partial charge in [-0.15, -0.1) is 0 Å². The zero-order chi connectivity index (χ0) is 18.8. The fourth-order valence-corrected chi connectivity index (χ4v) is 3.70. The van der Waals surface area contributed by atoms with E-state index >= 15 is 0 Å². The van der Waals surface area contributed by atoms with E-state index in [9.17, 15) is 0 Å². The predicted molar refractivity (Wildman–Crippen MR) is 111 cm³/mol. The Morgan fingerprint density at radius 1 is 1.00 bits per heavy atom. The Kier molecular flexibility index (Phi) is 5.40. The Balaban J connectivity index is 1.87.